The van der Waals surface area contributed by atoms with Gasteiger partial charge in [-0.3, -0.25) is 10.7 Å². The summed E-state index contributed by atoms with van der Waals surface area (Å²) in [6.45, 7) is 1.16. The first-order valence-corrected chi connectivity index (χ1v) is 4.42. The second kappa shape index (κ2) is 5.94. The number of rotatable bonds is 6. The van der Waals surface area contributed by atoms with Crippen LogP contribution in [0.1, 0.15) is 0 Å². The molecule has 0 radical (unpaired) electrons. The van der Waals surface area contributed by atoms with E-state index in [4.69, 9.17) is 9.94 Å². The van der Waals surface area contributed by atoms with Crippen LogP contribution in [-0.2, 0) is 4.74 Å². The van der Waals surface area contributed by atoms with E-state index in [-0.39, 0.29) is 5.69 Å². The van der Waals surface area contributed by atoms with E-state index in [0.717, 1.165) is 0 Å². The summed E-state index contributed by atoms with van der Waals surface area (Å²) in [5.41, 5.74) is 3.34. The Kier molecular flexibility index (Phi) is 4.52. The maximum atomic E-state index is 10.2. The summed E-state index contributed by atoms with van der Waals surface area (Å²) in [6, 6.07) is 4.66. The van der Waals surface area contributed by atoms with E-state index >= 15 is 0 Å². The molecule has 0 aromatic heterocycles. The zero-order chi connectivity index (χ0) is 11.1. The Morgan fingerprint density at radius 1 is 1.47 bits per heavy atom. The van der Waals surface area contributed by atoms with E-state index in [0.29, 0.717) is 24.5 Å². The lowest BCUT2D eigenvalue weighted by Gasteiger charge is -2.10. The first-order valence-electron chi connectivity index (χ1n) is 4.42. The number of hydrogen-bond donors (Lipinski definition) is 3. The van der Waals surface area contributed by atoms with Crippen LogP contribution >= 0.6 is 0 Å². The van der Waals surface area contributed by atoms with Gasteiger partial charge >= 0.3 is 0 Å². The van der Waals surface area contributed by atoms with Crippen LogP contribution in [0.25, 0.3) is 0 Å². The van der Waals surface area contributed by atoms with Gasteiger partial charge in [0.15, 0.2) is 0 Å². The smallest absolute Gasteiger partial charge is 0.110 e. The zero-order valence-corrected chi connectivity index (χ0v) is 8.36. The molecule has 0 unspecified atom stereocenters. The van der Waals surface area contributed by atoms with Gasteiger partial charge in [-0.25, -0.2) is 0 Å². The fourth-order valence-electron chi connectivity index (χ4n) is 1.12. The van der Waals surface area contributed by atoms with Crippen LogP contribution in [0.4, 0.5) is 17.1 Å². The molecule has 0 aliphatic heterocycles. The number of ether oxygens (including phenoxy) is 1. The Balaban J connectivity index is 2.73. The Bertz CT molecular complexity index is 330. The highest BCUT2D eigenvalue weighted by atomic mass is 16.5. The number of benzene rings is 1. The van der Waals surface area contributed by atoms with Crippen molar-refractivity contribution in [3.63, 3.8) is 0 Å². The van der Waals surface area contributed by atoms with E-state index in [1.807, 2.05) is 5.48 Å². The average Bonchev–Trinajstić information content (AvgIpc) is 2.29. The second-order valence-corrected chi connectivity index (χ2v) is 2.85. The van der Waals surface area contributed by atoms with E-state index in [2.05, 4.69) is 10.5 Å². The summed E-state index contributed by atoms with van der Waals surface area (Å²) >= 11 is 0. The molecule has 3 N–H and O–H groups in total. The number of nitrogens with one attached hydrogen (secondary N) is 2. The minimum Gasteiger partial charge on any atom is -0.383 e. The summed E-state index contributed by atoms with van der Waals surface area (Å²) in [4.78, 5) is 10.2. The maximum absolute atomic E-state index is 10.2. The van der Waals surface area contributed by atoms with Crippen molar-refractivity contribution in [2.24, 2.45) is 5.18 Å². The van der Waals surface area contributed by atoms with Crippen molar-refractivity contribution in [2.75, 3.05) is 31.1 Å². The van der Waals surface area contributed by atoms with Crippen molar-refractivity contribution in [3.8, 4) is 0 Å². The number of nitrogens with zero attached hydrogens (tertiary/aromatic N) is 1. The minimum atomic E-state index is 0.254. The third kappa shape index (κ3) is 3.19. The molecule has 1 aromatic rings. The molecule has 1 aromatic carbocycles. The highest BCUT2D eigenvalue weighted by molar-refractivity contribution is 5.71. The van der Waals surface area contributed by atoms with Crippen molar-refractivity contribution in [1.82, 2.24) is 0 Å². The molecule has 1 rings (SSSR count). The van der Waals surface area contributed by atoms with Gasteiger partial charge in [0, 0.05) is 13.7 Å². The Morgan fingerprint density at radius 3 is 2.87 bits per heavy atom. The van der Waals surface area contributed by atoms with Gasteiger partial charge in [0.05, 0.1) is 18.0 Å². The van der Waals surface area contributed by atoms with Gasteiger partial charge in [0.25, 0.3) is 0 Å². The molecule has 0 atom stereocenters. The van der Waals surface area contributed by atoms with Crippen LogP contribution in [0.15, 0.2) is 23.4 Å². The lowest BCUT2D eigenvalue weighted by molar-refractivity contribution is 0.211. The monoisotopic (exact) mass is 211 g/mol. The van der Waals surface area contributed by atoms with Crippen molar-refractivity contribution in [1.29, 1.82) is 0 Å². The van der Waals surface area contributed by atoms with Crippen molar-refractivity contribution >= 4 is 17.1 Å². The molecule has 0 bridgehead atoms. The minimum absolute atomic E-state index is 0.254. The largest absolute Gasteiger partial charge is 0.383 e. The van der Waals surface area contributed by atoms with Gasteiger partial charge in [-0.2, -0.15) is 0 Å². The van der Waals surface area contributed by atoms with Gasteiger partial charge in [0.2, 0.25) is 0 Å². The van der Waals surface area contributed by atoms with Crippen LogP contribution in [-0.4, -0.2) is 25.5 Å². The molecule has 0 saturated heterocycles. The van der Waals surface area contributed by atoms with Crippen LogP contribution in [0, 0.1) is 4.91 Å². The molecule has 0 fully saturated rings. The summed E-state index contributed by atoms with van der Waals surface area (Å²) in [7, 11) is 1.60. The lowest BCUT2D eigenvalue weighted by Crippen LogP contribution is -2.09. The summed E-state index contributed by atoms with van der Waals surface area (Å²) in [5, 5.41) is 14.6. The van der Waals surface area contributed by atoms with E-state index in [1.54, 1.807) is 19.2 Å². The fraction of sp³-hybridized carbons (Fsp3) is 0.333. The molecular weight excluding hydrogens is 198 g/mol. The quantitative estimate of drug-likeness (QED) is 0.380. The van der Waals surface area contributed by atoms with Crippen LogP contribution in [0.5, 0.6) is 0 Å². The highest BCUT2D eigenvalue weighted by Gasteiger charge is 2.02. The Hall–Kier alpha value is -1.66. The number of nitroso groups, excluding NO2 is 1. The zero-order valence-electron chi connectivity index (χ0n) is 8.36. The summed E-state index contributed by atoms with van der Waals surface area (Å²) in [5.74, 6) is 0. The first kappa shape index (κ1) is 11.4. The highest BCUT2D eigenvalue weighted by Crippen LogP contribution is 2.26. The average molecular weight is 211 g/mol. The van der Waals surface area contributed by atoms with Crippen molar-refractivity contribution < 1.29 is 9.94 Å². The molecule has 82 valence electrons. The lowest BCUT2D eigenvalue weighted by atomic mass is 10.2. The molecule has 0 heterocycles. The van der Waals surface area contributed by atoms with Gasteiger partial charge < -0.3 is 10.1 Å². The van der Waals surface area contributed by atoms with E-state index in [9.17, 15) is 4.91 Å². The molecule has 0 aliphatic rings. The molecule has 6 nitrogen and oxygen atoms in total. The molecule has 15 heavy (non-hydrogen) atoms. The van der Waals surface area contributed by atoms with Crippen LogP contribution < -0.4 is 10.8 Å². The van der Waals surface area contributed by atoms with Gasteiger partial charge in [-0.05, 0) is 23.4 Å². The van der Waals surface area contributed by atoms with Crippen molar-refractivity contribution in [3.05, 3.63) is 23.1 Å². The normalized spacial score (nSPS) is 9.73. The third-order valence-corrected chi connectivity index (χ3v) is 1.85. The summed E-state index contributed by atoms with van der Waals surface area (Å²) in [6.07, 6.45) is 0. The van der Waals surface area contributed by atoms with Crippen molar-refractivity contribution in [2.45, 2.75) is 0 Å². The molecule has 0 amide bonds. The maximum Gasteiger partial charge on any atom is 0.110 e. The summed E-state index contributed by atoms with van der Waals surface area (Å²) < 4.78 is 4.87. The predicted octanol–water partition coefficient (Wildman–Crippen LogP) is 1.94. The molecule has 0 aliphatic carbocycles. The van der Waals surface area contributed by atoms with E-state index < -0.39 is 0 Å². The Labute approximate surface area is 87.2 Å². The SMILES string of the molecule is COCCNc1ccc(N=O)cc1NO. The standard InChI is InChI=1S/C9H13N3O3/c1-15-5-4-10-8-3-2-7(11-13)6-9(8)12-14/h2-3,6,10,12,14H,4-5H2,1H3. The topological polar surface area (TPSA) is 83.0 Å². The second-order valence-electron chi connectivity index (χ2n) is 2.85. The Morgan fingerprint density at radius 2 is 2.27 bits per heavy atom. The van der Waals surface area contributed by atoms with Crippen LogP contribution in [0.3, 0.4) is 0 Å². The number of anilines is 2. The number of hydrogen-bond acceptors (Lipinski definition) is 6. The van der Waals surface area contributed by atoms with Gasteiger partial charge in [-0.1, -0.05) is 0 Å². The molecule has 6 heteroatoms. The number of methoxy groups -OCH3 is 1. The van der Waals surface area contributed by atoms with Gasteiger partial charge in [0.1, 0.15) is 5.69 Å². The third-order valence-electron chi connectivity index (χ3n) is 1.85. The predicted molar refractivity (Wildman–Crippen MR) is 57.7 cm³/mol. The molecular formula is C9H13N3O3. The van der Waals surface area contributed by atoms with Gasteiger partial charge in [-0.15, -0.1) is 4.91 Å². The molecule has 0 saturated carbocycles. The van der Waals surface area contributed by atoms with E-state index in [1.165, 1.54) is 6.07 Å². The molecule has 0 spiro atoms. The fourth-order valence-corrected chi connectivity index (χ4v) is 1.12. The van der Waals surface area contributed by atoms with Crippen LogP contribution in [0.2, 0.25) is 0 Å². The first-order chi connectivity index (χ1) is 7.31.